The molecule has 2 aromatic heterocycles. The van der Waals surface area contributed by atoms with E-state index in [1.807, 2.05) is 30.5 Å². The first-order valence-corrected chi connectivity index (χ1v) is 7.06. The maximum Gasteiger partial charge on any atom is 0.123 e. The summed E-state index contributed by atoms with van der Waals surface area (Å²) in [4.78, 5) is 20.5. The second-order valence-corrected chi connectivity index (χ2v) is 4.99. The van der Waals surface area contributed by atoms with Crippen LogP contribution in [-0.2, 0) is 6.54 Å². The highest BCUT2D eigenvalue weighted by Crippen LogP contribution is 2.30. The standard InChI is InChI=1S/C14H11N3OS/c1-19-12-7-10(8-16-18)17-14-11(12)5-4-9-3-2-6-15-13(9)14/h2-7H,8H2,1H3. The molecule has 0 atom stereocenters. The second kappa shape index (κ2) is 4.93. The van der Waals surface area contributed by atoms with Crippen LogP contribution in [0.3, 0.4) is 0 Å². The molecule has 0 aliphatic rings. The molecule has 0 fully saturated rings. The SMILES string of the molecule is CSc1cc(CN=O)nc2c1ccc1cccnc12. The van der Waals surface area contributed by atoms with Crippen LogP contribution < -0.4 is 0 Å². The molecule has 1 aromatic carbocycles. The van der Waals surface area contributed by atoms with Gasteiger partial charge in [0.2, 0.25) is 0 Å². The molecule has 0 radical (unpaired) electrons. The van der Waals surface area contributed by atoms with Gasteiger partial charge in [0, 0.05) is 21.9 Å². The minimum atomic E-state index is 0.0900. The third kappa shape index (κ3) is 2.06. The van der Waals surface area contributed by atoms with Crippen LogP contribution in [0.2, 0.25) is 0 Å². The van der Waals surface area contributed by atoms with Crippen molar-refractivity contribution in [2.45, 2.75) is 11.4 Å². The molecule has 19 heavy (non-hydrogen) atoms. The zero-order valence-electron chi connectivity index (χ0n) is 10.3. The summed E-state index contributed by atoms with van der Waals surface area (Å²) in [6.07, 6.45) is 3.77. The first-order valence-electron chi connectivity index (χ1n) is 5.84. The highest BCUT2D eigenvalue weighted by atomic mass is 32.2. The maximum atomic E-state index is 10.5. The van der Waals surface area contributed by atoms with Crippen LogP contribution in [0.25, 0.3) is 21.8 Å². The highest BCUT2D eigenvalue weighted by Gasteiger charge is 2.09. The largest absolute Gasteiger partial charge is 0.254 e. The van der Waals surface area contributed by atoms with Gasteiger partial charge in [-0.05, 0) is 18.4 Å². The molecule has 0 spiro atoms. The zero-order chi connectivity index (χ0) is 13.2. The fraction of sp³-hybridized carbons (Fsp3) is 0.143. The van der Waals surface area contributed by atoms with Crippen LogP contribution in [0.15, 0.2) is 46.6 Å². The molecule has 0 unspecified atom stereocenters. The Morgan fingerprint density at radius 2 is 2.16 bits per heavy atom. The summed E-state index contributed by atoms with van der Waals surface area (Å²) in [7, 11) is 0. The van der Waals surface area contributed by atoms with Crippen LogP contribution in [0.5, 0.6) is 0 Å². The van der Waals surface area contributed by atoms with Crippen LogP contribution in [0.4, 0.5) is 0 Å². The average molecular weight is 269 g/mol. The van der Waals surface area contributed by atoms with Crippen molar-refractivity contribution in [1.29, 1.82) is 0 Å². The molecule has 3 aromatic rings. The van der Waals surface area contributed by atoms with E-state index in [0.717, 1.165) is 26.7 Å². The molecule has 2 heterocycles. The van der Waals surface area contributed by atoms with Crippen molar-refractivity contribution in [3.8, 4) is 0 Å². The van der Waals surface area contributed by atoms with E-state index < -0.39 is 0 Å². The number of nitrogens with zero attached hydrogens (tertiary/aromatic N) is 3. The number of hydrogen-bond donors (Lipinski definition) is 0. The number of rotatable bonds is 3. The van der Waals surface area contributed by atoms with Crippen LogP contribution in [0, 0.1) is 4.91 Å². The van der Waals surface area contributed by atoms with Crippen LogP contribution in [0.1, 0.15) is 5.69 Å². The summed E-state index contributed by atoms with van der Waals surface area (Å²) in [5.74, 6) is 0. The van der Waals surface area contributed by atoms with Gasteiger partial charge in [0.25, 0.3) is 0 Å². The van der Waals surface area contributed by atoms with Gasteiger partial charge in [-0.25, -0.2) is 4.98 Å². The summed E-state index contributed by atoms with van der Waals surface area (Å²) in [5, 5.41) is 5.04. The fourth-order valence-electron chi connectivity index (χ4n) is 2.16. The average Bonchev–Trinajstić information content (AvgIpc) is 2.46. The van der Waals surface area contributed by atoms with E-state index in [1.165, 1.54) is 0 Å². The van der Waals surface area contributed by atoms with E-state index in [2.05, 4.69) is 21.2 Å². The third-order valence-electron chi connectivity index (χ3n) is 3.01. The Morgan fingerprint density at radius 1 is 1.26 bits per heavy atom. The smallest absolute Gasteiger partial charge is 0.123 e. The minimum absolute atomic E-state index is 0.0900. The Kier molecular flexibility index (Phi) is 3.13. The van der Waals surface area contributed by atoms with Crippen molar-refractivity contribution in [1.82, 2.24) is 9.97 Å². The van der Waals surface area contributed by atoms with Crippen molar-refractivity contribution in [2.24, 2.45) is 5.18 Å². The molecule has 0 saturated heterocycles. The quantitative estimate of drug-likeness (QED) is 0.412. The number of hydrogen-bond acceptors (Lipinski definition) is 5. The normalized spacial score (nSPS) is 11.0. The second-order valence-electron chi connectivity index (χ2n) is 4.14. The number of fused-ring (bicyclic) bond motifs is 3. The predicted octanol–water partition coefficient (Wildman–Crippen LogP) is 3.77. The van der Waals surface area contributed by atoms with Gasteiger partial charge in [0.05, 0.1) is 16.7 Å². The molecule has 0 bridgehead atoms. The number of benzene rings is 1. The molecule has 5 heteroatoms. The van der Waals surface area contributed by atoms with E-state index in [-0.39, 0.29) is 6.54 Å². The Balaban J connectivity index is 2.42. The highest BCUT2D eigenvalue weighted by molar-refractivity contribution is 7.98. The van der Waals surface area contributed by atoms with Crippen LogP contribution >= 0.6 is 11.8 Å². The number of pyridine rings is 2. The minimum Gasteiger partial charge on any atom is -0.254 e. The van der Waals surface area contributed by atoms with Gasteiger partial charge in [0.1, 0.15) is 6.54 Å². The first kappa shape index (κ1) is 12.0. The summed E-state index contributed by atoms with van der Waals surface area (Å²) < 4.78 is 0. The lowest BCUT2D eigenvalue weighted by Gasteiger charge is -2.08. The number of nitroso groups, excluding NO2 is 1. The van der Waals surface area contributed by atoms with Crippen molar-refractivity contribution in [3.63, 3.8) is 0 Å². The van der Waals surface area contributed by atoms with Crippen LogP contribution in [-0.4, -0.2) is 16.2 Å². The number of aromatic nitrogens is 2. The summed E-state index contributed by atoms with van der Waals surface area (Å²) >= 11 is 1.64. The fourth-order valence-corrected chi connectivity index (χ4v) is 2.80. The predicted molar refractivity (Wildman–Crippen MR) is 78.3 cm³/mol. The van der Waals surface area contributed by atoms with Crippen molar-refractivity contribution in [3.05, 3.63) is 47.1 Å². The first-order chi connectivity index (χ1) is 9.33. The van der Waals surface area contributed by atoms with E-state index >= 15 is 0 Å². The molecule has 0 N–H and O–H groups in total. The Morgan fingerprint density at radius 3 is 2.95 bits per heavy atom. The molecule has 0 aliphatic carbocycles. The van der Waals surface area contributed by atoms with Gasteiger partial charge < -0.3 is 0 Å². The maximum absolute atomic E-state index is 10.5. The van der Waals surface area contributed by atoms with Gasteiger partial charge in [-0.1, -0.05) is 23.4 Å². The topological polar surface area (TPSA) is 55.2 Å². The van der Waals surface area contributed by atoms with Gasteiger partial charge in [0.15, 0.2) is 0 Å². The van der Waals surface area contributed by atoms with Crippen molar-refractivity contribution >= 4 is 33.6 Å². The Hall–Kier alpha value is -2.01. The monoisotopic (exact) mass is 269 g/mol. The van der Waals surface area contributed by atoms with Crippen molar-refractivity contribution < 1.29 is 0 Å². The Labute approximate surface area is 114 Å². The lowest BCUT2D eigenvalue weighted by Crippen LogP contribution is -1.93. The van der Waals surface area contributed by atoms with E-state index in [0.29, 0.717) is 5.69 Å². The van der Waals surface area contributed by atoms with Gasteiger partial charge in [-0.3, -0.25) is 4.98 Å². The lowest BCUT2D eigenvalue weighted by atomic mass is 10.1. The van der Waals surface area contributed by atoms with E-state index in [1.54, 1.807) is 18.0 Å². The molecule has 0 saturated carbocycles. The Bertz CT molecular complexity index is 773. The molecular formula is C14H11N3OS. The van der Waals surface area contributed by atoms with Crippen molar-refractivity contribution in [2.75, 3.05) is 6.26 Å². The molecule has 94 valence electrons. The lowest BCUT2D eigenvalue weighted by molar-refractivity contribution is 0.987. The van der Waals surface area contributed by atoms with E-state index in [9.17, 15) is 4.91 Å². The molecule has 3 rings (SSSR count). The number of thioether (sulfide) groups is 1. The molecule has 0 amide bonds. The van der Waals surface area contributed by atoms with Gasteiger partial charge >= 0.3 is 0 Å². The van der Waals surface area contributed by atoms with Gasteiger partial charge in [-0.2, -0.15) is 4.91 Å². The van der Waals surface area contributed by atoms with E-state index in [4.69, 9.17) is 0 Å². The molecule has 4 nitrogen and oxygen atoms in total. The summed E-state index contributed by atoms with van der Waals surface area (Å²) in [6.45, 7) is 0.0900. The third-order valence-corrected chi connectivity index (χ3v) is 3.79. The zero-order valence-corrected chi connectivity index (χ0v) is 11.1. The summed E-state index contributed by atoms with van der Waals surface area (Å²) in [6, 6.07) is 9.93. The summed E-state index contributed by atoms with van der Waals surface area (Å²) in [5.41, 5.74) is 2.39. The molecular weight excluding hydrogens is 258 g/mol. The molecule has 0 aliphatic heterocycles. The van der Waals surface area contributed by atoms with Gasteiger partial charge in [-0.15, -0.1) is 11.8 Å².